The van der Waals surface area contributed by atoms with Gasteiger partial charge >= 0.3 is 0 Å². The highest BCUT2D eigenvalue weighted by molar-refractivity contribution is 6.17. The van der Waals surface area contributed by atoms with Crippen LogP contribution in [0, 0.1) is 5.92 Å². The maximum Gasteiger partial charge on any atom is 0.0729 e. The van der Waals surface area contributed by atoms with Crippen molar-refractivity contribution < 1.29 is 9.47 Å². The molecular formula is C13H25ClN2O2. The second-order valence-electron chi connectivity index (χ2n) is 5.50. The van der Waals surface area contributed by atoms with Crippen LogP contribution < -0.4 is 11.3 Å². The molecule has 0 aromatic heterocycles. The van der Waals surface area contributed by atoms with Crippen molar-refractivity contribution in [3.8, 4) is 0 Å². The zero-order valence-electron chi connectivity index (χ0n) is 11.0. The normalized spacial score (nSPS) is 29.3. The first-order valence-electron chi connectivity index (χ1n) is 7.03. The number of hydrogen-bond acceptors (Lipinski definition) is 4. The standard InChI is InChI=1S/C13H25ClN2O2/c14-6-1-2-12(16-15)11-3-7-18-13(10-11)4-8-17-9-5-13/h11-12,16H,1-10,15H2. The molecule has 2 fully saturated rings. The molecule has 2 saturated heterocycles. The van der Waals surface area contributed by atoms with Gasteiger partial charge in [0.25, 0.3) is 0 Å². The van der Waals surface area contributed by atoms with E-state index in [1.807, 2.05) is 0 Å². The number of nitrogens with two attached hydrogens (primary N) is 1. The SMILES string of the molecule is NNC(CCCCl)C1CCOC2(CCOCC2)C1. The minimum absolute atomic E-state index is 0.0528. The van der Waals surface area contributed by atoms with E-state index in [-0.39, 0.29) is 5.60 Å². The maximum atomic E-state index is 6.06. The van der Waals surface area contributed by atoms with Crippen molar-refractivity contribution in [3.05, 3.63) is 0 Å². The fraction of sp³-hybridized carbons (Fsp3) is 1.00. The third-order valence-corrected chi connectivity index (χ3v) is 4.63. The third-order valence-electron chi connectivity index (χ3n) is 4.37. The van der Waals surface area contributed by atoms with E-state index >= 15 is 0 Å². The van der Waals surface area contributed by atoms with Crippen molar-refractivity contribution in [1.29, 1.82) is 0 Å². The van der Waals surface area contributed by atoms with Gasteiger partial charge in [-0.05, 0) is 44.4 Å². The van der Waals surface area contributed by atoms with Gasteiger partial charge in [-0.25, -0.2) is 0 Å². The number of alkyl halides is 1. The van der Waals surface area contributed by atoms with Crippen LogP contribution in [0.4, 0.5) is 0 Å². The minimum Gasteiger partial charge on any atom is -0.381 e. The molecule has 0 bridgehead atoms. The summed E-state index contributed by atoms with van der Waals surface area (Å²) < 4.78 is 11.5. The molecule has 2 heterocycles. The van der Waals surface area contributed by atoms with E-state index in [9.17, 15) is 0 Å². The van der Waals surface area contributed by atoms with Gasteiger partial charge in [-0.2, -0.15) is 0 Å². The second-order valence-corrected chi connectivity index (χ2v) is 5.88. The van der Waals surface area contributed by atoms with Crippen LogP contribution in [-0.4, -0.2) is 37.3 Å². The molecule has 0 saturated carbocycles. The van der Waals surface area contributed by atoms with E-state index < -0.39 is 0 Å². The van der Waals surface area contributed by atoms with Crippen molar-refractivity contribution >= 4 is 11.6 Å². The van der Waals surface area contributed by atoms with Crippen LogP contribution in [0.25, 0.3) is 0 Å². The summed E-state index contributed by atoms with van der Waals surface area (Å²) in [7, 11) is 0. The lowest BCUT2D eigenvalue weighted by atomic mass is 9.77. The molecule has 0 aliphatic carbocycles. The van der Waals surface area contributed by atoms with E-state index in [2.05, 4.69) is 5.43 Å². The van der Waals surface area contributed by atoms with Crippen LogP contribution in [0.15, 0.2) is 0 Å². The van der Waals surface area contributed by atoms with Gasteiger partial charge < -0.3 is 9.47 Å². The van der Waals surface area contributed by atoms with E-state index in [4.69, 9.17) is 26.9 Å². The fourth-order valence-electron chi connectivity index (χ4n) is 3.25. The summed E-state index contributed by atoms with van der Waals surface area (Å²) in [4.78, 5) is 0. The van der Waals surface area contributed by atoms with Crippen LogP contribution in [0.1, 0.15) is 38.5 Å². The lowest BCUT2D eigenvalue weighted by Gasteiger charge is -2.45. The predicted molar refractivity (Wildman–Crippen MR) is 72.5 cm³/mol. The molecule has 2 atom stereocenters. The summed E-state index contributed by atoms with van der Waals surface area (Å²) in [6, 6.07) is 0.368. The Hall–Kier alpha value is 0.130. The first-order valence-corrected chi connectivity index (χ1v) is 7.57. The van der Waals surface area contributed by atoms with Crippen molar-refractivity contribution in [2.45, 2.75) is 50.2 Å². The molecule has 1 spiro atoms. The Kier molecular flexibility index (Phi) is 5.70. The molecule has 0 radical (unpaired) electrons. The molecule has 0 aromatic rings. The largest absolute Gasteiger partial charge is 0.381 e. The highest BCUT2D eigenvalue weighted by atomic mass is 35.5. The second kappa shape index (κ2) is 7.06. The van der Waals surface area contributed by atoms with Crippen molar-refractivity contribution in [3.63, 3.8) is 0 Å². The van der Waals surface area contributed by atoms with Gasteiger partial charge in [-0.3, -0.25) is 11.3 Å². The van der Waals surface area contributed by atoms with Crippen molar-refractivity contribution in [1.82, 2.24) is 5.43 Å². The zero-order chi connectivity index (χ0) is 12.8. The van der Waals surface area contributed by atoms with Gasteiger partial charge in [0.15, 0.2) is 0 Å². The summed E-state index contributed by atoms with van der Waals surface area (Å²) >= 11 is 5.77. The first kappa shape index (κ1) is 14.5. The summed E-state index contributed by atoms with van der Waals surface area (Å²) in [6.07, 6.45) is 6.32. The summed E-state index contributed by atoms with van der Waals surface area (Å²) in [5, 5.41) is 0. The monoisotopic (exact) mass is 276 g/mol. The number of nitrogens with one attached hydrogen (secondary N) is 1. The van der Waals surface area contributed by atoms with E-state index in [1.54, 1.807) is 0 Å². The van der Waals surface area contributed by atoms with Crippen LogP contribution in [0.5, 0.6) is 0 Å². The van der Waals surface area contributed by atoms with E-state index in [1.165, 1.54) is 0 Å². The van der Waals surface area contributed by atoms with Gasteiger partial charge in [0.2, 0.25) is 0 Å². The number of halogens is 1. The highest BCUT2D eigenvalue weighted by Gasteiger charge is 2.40. The molecule has 0 aromatic carbocycles. The third kappa shape index (κ3) is 3.58. The molecule has 2 aliphatic rings. The van der Waals surface area contributed by atoms with Crippen LogP contribution in [-0.2, 0) is 9.47 Å². The number of rotatable bonds is 5. The number of hydrogen-bond donors (Lipinski definition) is 2. The average Bonchev–Trinajstić information content (AvgIpc) is 2.41. The summed E-state index contributed by atoms with van der Waals surface area (Å²) in [5.74, 6) is 7.01. The quantitative estimate of drug-likeness (QED) is 0.457. The molecule has 106 valence electrons. The fourth-order valence-corrected chi connectivity index (χ4v) is 3.41. The molecular weight excluding hydrogens is 252 g/mol. The van der Waals surface area contributed by atoms with E-state index in [0.29, 0.717) is 17.8 Å². The maximum absolute atomic E-state index is 6.06. The topological polar surface area (TPSA) is 56.5 Å². The summed E-state index contributed by atoms with van der Waals surface area (Å²) in [5.41, 5.74) is 3.04. The smallest absolute Gasteiger partial charge is 0.0729 e. The molecule has 4 nitrogen and oxygen atoms in total. The molecule has 5 heteroatoms. The van der Waals surface area contributed by atoms with Gasteiger partial charge in [0.1, 0.15) is 0 Å². The van der Waals surface area contributed by atoms with Crippen molar-refractivity contribution in [2.24, 2.45) is 11.8 Å². The van der Waals surface area contributed by atoms with Crippen LogP contribution >= 0.6 is 11.6 Å². The highest BCUT2D eigenvalue weighted by Crippen LogP contribution is 2.38. The molecule has 3 N–H and O–H groups in total. The number of ether oxygens (including phenoxy) is 2. The molecule has 0 amide bonds. The molecule has 2 rings (SSSR count). The Morgan fingerprint density at radius 3 is 2.78 bits per heavy atom. The van der Waals surface area contributed by atoms with Gasteiger partial charge in [-0.15, -0.1) is 11.6 Å². The Morgan fingerprint density at radius 1 is 1.33 bits per heavy atom. The zero-order valence-corrected chi connectivity index (χ0v) is 11.8. The van der Waals surface area contributed by atoms with Gasteiger partial charge in [0.05, 0.1) is 5.60 Å². The molecule has 2 unspecified atom stereocenters. The Balaban J connectivity index is 1.91. The van der Waals surface area contributed by atoms with E-state index in [0.717, 1.165) is 58.3 Å². The Bertz CT molecular complexity index is 242. The van der Waals surface area contributed by atoms with Gasteiger partial charge in [-0.1, -0.05) is 0 Å². The minimum atomic E-state index is 0.0528. The first-order chi connectivity index (χ1) is 8.79. The van der Waals surface area contributed by atoms with Crippen LogP contribution in [0.3, 0.4) is 0 Å². The lowest BCUT2D eigenvalue weighted by molar-refractivity contribution is -0.150. The number of hydrazine groups is 1. The Labute approximate surface area is 114 Å². The average molecular weight is 277 g/mol. The molecule has 18 heavy (non-hydrogen) atoms. The lowest BCUT2D eigenvalue weighted by Crippen LogP contribution is -2.50. The summed E-state index contributed by atoms with van der Waals surface area (Å²) in [6.45, 7) is 2.51. The molecule has 2 aliphatic heterocycles. The van der Waals surface area contributed by atoms with Crippen molar-refractivity contribution in [2.75, 3.05) is 25.7 Å². The van der Waals surface area contributed by atoms with Crippen LogP contribution in [0.2, 0.25) is 0 Å². The Morgan fingerprint density at radius 2 is 2.11 bits per heavy atom. The predicted octanol–water partition coefficient (Wildman–Crippen LogP) is 1.81. The van der Waals surface area contributed by atoms with Gasteiger partial charge in [0, 0.05) is 31.7 Å².